The van der Waals surface area contributed by atoms with E-state index in [1.807, 2.05) is 39.0 Å². The molecule has 3 N–H and O–H groups in total. The van der Waals surface area contributed by atoms with Crippen LogP contribution in [0, 0.1) is 13.8 Å². The topological polar surface area (TPSA) is 69.6 Å². The summed E-state index contributed by atoms with van der Waals surface area (Å²) in [6, 6.07) is 5.79. The molecule has 0 radical (unpaired) electrons. The lowest BCUT2D eigenvalue weighted by atomic mass is 9.97. The number of carbonyl (C=O) groups is 1. The van der Waals surface area contributed by atoms with E-state index >= 15 is 0 Å². The summed E-state index contributed by atoms with van der Waals surface area (Å²) >= 11 is 0. The Balaban J connectivity index is 2.68. The van der Waals surface area contributed by atoms with Crippen molar-refractivity contribution in [1.82, 2.24) is 5.32 Å². The molecule has 0 saturated heterocycles. The summed E-state index contributed by atoms with van der Waals surface area (Å²) in [5.74, 6) is -0.831. The van der Waals surface area contributed by atoms with Crippen LogP contribution in [0.4, 0.5) is 0 Å². The third-order valence-corrected chi connectivity index (χ3v) is 3.44. The smallest absolute Gasteiger partial charge is 0.304 e. The molecule has 0 aromatic heterocycles. The van der Waals surface area contributed by atoms with Gasteiger partial charge in [0.1, 0.15) is 0 Å². The first-order valence-electron chi connectivity index (χ1n) is 6.66. The van der Waals surface area contributed by atoms with Gasteiger partial charge in [-0.2, -0.15) is 0 Å². The van der Waals surface area contributed by atoms with E-state index in [-0.39, 0.29) is 12.5 Å². The highest BCUT2D eigenvalue weighted by Gasteiger charge is 2.19. The van der Waals surface area contributed by atoms with Crippen LogP contribution in [-0.4, -0.2) is 28.8 Å². The fraction of sp³-hybridized carbons (Fsp3) is 0.533. The van der Waals surface area contributed by atoms with Gasteiger partial charge in [0, 0.05) is 12.6 Å². The van der Waals surface area contributed by atoms with Gasteiger partial charge in [-0.1, -0.05) is 25.1 Å². The van der Waals surface area contributed by atoms with Crippen LogP contribution in [0.1, 0.15) is 42.6 Å². The Morgan fingerprint density at radius 2 is 2.00 bits per heavy atom. The largest absolute Gasteiger partial charge is 0.481 e. The van der Waals surface area contributed by atoms with Crippen LogP contribution in [0.15, 0.2) is 18.2 Å². The minimum Gasteiger partial charge on any atom is -0.481 e. The molecule has 19 heavy (non-hydrogen) atoms. The standard InChI is InChI=1S/C15H23NO3/c1-4-13(16-8-7-14(17)18)15(19)12-6-5-10(2)11(3)9-12/h5-6,9,13,15-16,19H,4,7-8H2,1-3H3,(H,17,18). The van der Waals surface area contributed by atoms with E-state index in [0.29, 0.717) is 6.54 Å². The Labute approximate surface area is 114 Å². The molecule has 2 atom stereocenters. The van der Waals surface area contributed by atoms with Gasteiger partial charge >= 0.3 is 5.97 Å². The number of benzene rings is 1. The number of aryl methyl sites for hydroxylation is 2. The van der Waals surface area contributed by atoms with Crippen molar-refractivity contribution in [3.05, 3.63) is 34.9 Å². The van der Waals surface area contributed by atoms with Crippen LogP contribution in [0.3, 0.4) is 0 Å². The Bertz CT molecular complexity index is 431. The van der Waals surface area contributed by atoms with Gasteiger partial charge < -0.3 is 15.5 Å². The number of carboxylic acid groups (broad SMARTS) is 1. The van der Waals surface area contributed by atoms with Gasteiger partial charge in [-0.25, -0.2) is 0 Å². The SMILES string of the molecule is CCC(NCCC(=O)O)C(O)c1ccc(C)c(C)c1. The molecule has 1 aromatic carbocycles. The lowest BCUT2D eigenvalue weighted by molar-refractivity contribution is -0.136. The van der Waals surface area contributed by atoms with Crippen LogP contribution in [-0.2, 0) is 4.79 Å². The average Bonchev–Trinajstić information content (AvgIpc) is 2.37. The molecule has 0 bridgehead atoms. The molecule has 0 fully saturated rings. The highest BCUT2D eigenvalue weighted by molar-refractivity contribution is 5.66. The average molecular weight is 265 g/mol. The fourth-order valence-corrected chi connectivity index (χ4v) is 2.02. The Kier molecular flexibility index (Phi) is 5.99. The van der Waals surface area contributed by atoms with Gasteiger partial charge in [-0.05, 0) is 37.0 Å². The summed E-state index contributed by atoms with van der Waals surface area (Å²) < 4.78 is 0. The van der Waals surface area contributed by atoms with Gasteiger partial charge in [-0.3, -0.25) is 4.79 Å². The summed E-state index contributed by atoms with van der Waals surface area (Å²) in [5.41, 5.74) is 3.22. The predicted octanol–water partition coefficient (Wildman–Crippen LogP) is 2.18. The van der Waals surface area contributed by atoms with Crippen molar-refractivity contribution in [3.8, 4) is 0 Å². The quantitative estimate of drug-likeness (QED) is 0.706. The third kappa shape index (κ3) is 4.65. The van der Waals surface area contributed by atoms with Crippen LogP contribution >= 0.6 is 0 Å². The second kappa shape index (κ2) is 7.26. The van der Waals surface area contributed by atoms with Gasteiger partial charge in [0.05, 0.1) is 12.5 Å². The number of hydrogen-bond acceptors (Lipinski definition) is 3. The molecular weight excluding hydrogens is 242 g/mol. The van der Waals surface area contributed by atoms with Gasteiger partial charge in [0.25, 0.3) is 0 Å². The summed E-state index contributed by atoms with van der Waals surface area (Å²) in [7, 11) is 0. The van der Waals surface area contributed by atoms with Crippen molar-refractivity contribution in [2.75, 3.05) is 6.54 Å². The summed E-state index contributed by atoms with van der Waals surface area (Å²) in [6.45, 7) is 6.40. The number of nitrogens with one attached hydrogen (secondary N) is 1. The third-order valence-electron chi connectivity index (χ3n) is 3.44. The van der Waals surface area contributed by atoms with E-state index in [0.717, 1.165) is 17.5 Å². The Morgan fingerprint density at radius 1 is 1.32 bits per heavy atom. The van der Waals surface area contributed by atoms with Crippen LogP contribution in [0.5, 0.6) is 0 Å². The minimum atomic E-state index is -0.831. The van der Waals surface area contributed by atoms with E-state index in [1.54, 1.807) is 0 Å². The highest BCUT2D eigenvalue weighted by Crippen LogP contribution is 2.21. The second-order valence-electron chi connectivity index (χ2n) is 4.90. The van der Waals surface area contributed by atoms with E-state index in [2.05, 4.69) is 5.32 Å². The molecule has 4 nitrogen and oxygen atoms in total. The molecule has 0 aliphatic carbocycles. The summed E-state index contributed by atoms with van der Waals surface area (Å²) in [5, 5.41) is 22.1. The highest BCUT2D eigenvalue weighted by atomic mass is 16.4. The maximum atomic E-state index is 10.5. The maximum absolute atomic E-state index is 10.5. The number of aliphatic carboxylic acids is 1. The predicted molar refractivity (Wildman–Crippen MR) is 75.2 cm³/mol. The molecule has 0 amide bonds. The van der Waals surface area contributed by atoms with Gasteiger partial charge in [0.15, 0.2) is 0 Å². The van der Waals surface area contributed by atoms with Crippen molar-refractivity contribution < 1.29 is 15.0 Å². The van der Waals surface area contributed by atoms with Crippen molar-refractivity contribution >= 4 is 5.97 Å². The molecule has 0 heterocycles. The first-order valence-corrected chi connectivity index (χ1v) is 6.66. The number of rotatable bonds is 7. The molecule has 1 aromatic rings. The number of aliphatic hydroxyl groups excluding tert-OH is 1. The van der Waals surface area contributed by atoms with E-state index < -0.39 is 12.1 Å². The molecule has 1 rings (SSSR count). The normalized spacial score (nSPS) is 14.1. The Morgan fingerprint density at radius 3 is 2.53 bits per heavy atom. The number of hydrogen-bond donors (Lipinski definition) is 3. The zero-order chi connectivity index (χ0) is 14.4. The van der Waals surface area contributed by atoms with Crippen molar-refractivity contribution in [1.29, 1.82) is 0 Å². The number of carboxylic acids is 1. The Hall–Kier alpha value is -1.39. The minimum absolute atomic E-state index is 0.0656. The second-order valence-corrected chi connectivity index (χ2v) is 4.90. The van der Waals surface area contributed by atoms with Gasteiger partial charge in [0.2, 0.25) is 0 Å². The molecule has 0 aliphatic rings. The van der Waals surface area contributed by atoms with Crippen LogP contribution in [0.2, 0.25) is 0 Å². The summed E-state index contributed by atoms with van der Waals surface area (Å²) in [4.78, 5) is 10.5. The zero-order valence-electron chi connectivity index (χ0n) is 11.8. The van der Waals surface area contributed by atoms with Crippen molar-refractivity contribution in [2.45, 2.75) is 45.8 Å². The van der Waals surface area contributed by atoms with Crippen molar-refractivity contribution in [2.24, 2.45) is 0 Å². The monoisotopic (exact) mass is 265 g/mol. The number of aliphatic hydroxyl groups is 1. The molecule has 2 unspecified atom stereocenters. The van der Waals surface area contributed by atoms with Gasteiger partial charge in [-0.15, -0.1) is 0 Å². The lowest BCUT2D eigenvalue weighted by Crippen LogP contribution is -2.35. The summed E-state index contributed by atoms with van der Waals surface area (Å²) in [6.07, 6.45) is 0.197. The fourth-order valence-electron chi connectivity index (χ4n) is 2.02. The zero-order valence-corrected chi connectivity index (χ0v) is 11.8. The first-order chi connectivity index (χ1) is 8.95. The lowest BCUT2D eigenvalue weighted by Gasteiger charge is -2.23. The maximum Gasteiger partial charge on any atom is 0.304 e. The van der Waals surface area contributed by atoms with E-state index in [1.165, 1.54) is 5.56 Å². The molecule has 0 aliphatic heterocycles. The van der Waals surface area contributed by atoms with E-state index in [4.69, 9.17) is 5.11 Å². The first kappa shape index (κ1) is 15.7. The van der Waals surface area contributed by atoms with Crippen molar-refractivity contribution in [3.63, 3.8) is 0 Å². The molecule has 0 spiro atoms. The molecule has 106 valence electrons. The molecule has 4 heteroatoms. The molecule has 0 saturated carbocycles. The van der Waals surface area contributed by atoms with E-state index in [9.17, 15) is 9.90 Å². The molecular formula is C15H23NO3. The van der Waals surface area contributed by atoms with Crippen LogP contribution in [0.25, 0.3) is 0 Å². The van der Waals surface area contributed by atoms with Crippen LogP contribution < -0.4 is 5.32 Å².